The zero-order valence-corrected chi connectivity index (χ0v) is 38.6. The minimum atomic E-state index is 1.09. The van der Waals surface area contributed by atoms with Gasteiger partial charge in [-0.25, -0.2) is 0 Å². The van der Waals surface area contributed by atoms with E-state index in [2.05, 4.69) is 265 Å². The van der Waals surface area contributed by atoms with Crippen molar-refractivity contribution < 1.29 is 0 Å². The molecular weight excluding hydrogens is 861 g/mol. The summed E-state index contributed by atoms with van der Waals surface area (Å²) in [5, 5.41) is 7.54. The molecule has 4 heteroatoms. The predicted octanol–water partition coefficient (Wildman–Crippen LogP) is 19.5. The lowest BCUT2D eigenvalue weighted by Crippen LogP contribution is -2.14. The minimum Gasteiger partial charge on any atom is -0.310 e. The molecule has 0 N–H and O–H groups in total. The molecule has 0 aliphatic rings. The molecule has 0 aliphatic heterocycles. The van der Waals surface area contributed by atoms with Crippen LogP contribution in [0.4, 0.5) is 34.1 Å². The monoisotopic (exact) mass is 902 g/mol. The molecule has 2 heterocycles. The first kappa shape index (κ1) is 40.0. The first-order chi connectivity index (χ1) is 33.7. The zero-order valence-electron chi connectivity index (χ0n) is 37.0. The predicted molar refractivity (Wildman–Crippen MR) is 295 cm³/mol. The molecule has 0 unspecified atom stereocenters. The molecule has 13 rings (SSSR count). The van der Waals surface area contributed by atoms with Gasteiger partial charge in [0.25, 0.3) is 0 Å². The third-order valence-corrected chi connectivity index (χ3v) is 15.5. The summed E-state index contributed by atoms with van der Waals surface area (Å²) in [5.41, 5.74) is 13.7. The van der Waals surface area contributed by atoms with Crippen molar-refractivity contribution in [2.75, 3.05) is 9.80 Å². The minimum absolute atomic E-state index is 1.09. The number of thiophene rings is 2. The van der Waals surface area contributed by atoms with Crippen LogP contribution >= 0.6 is 22.7 Å². The smallest absolute Gasteiger partial charge is 0.0541 e. The summed E-state index contributed by atoms with van der Waals surface area (Å²) in [6.45, 7) is 0. The van der Waals surface area contributed by atoms with Gasteiger partial charge in [0.1, 0.15) is 0 Å². The Balaban J connectivity index is 1.01. The molecular formula is C64H42N2S2. The van der Waals surface area contributed by atoms with Gasteiger partial charge >= 0.3 is 0 Å². The Bertz CT molecular complexity index is 3980. The van der Waals surface area contributed by atoms with Gasteiger partial charge in [0, 0.05) is 73.9 Å². The van der Waals surface area contributed by atoms with Crippen LogP contribution in [0.15, 0.2) is 255 Å². The van der Waals surface area contributed by atoms with Gasteiger partial charge < -0.3 is 9.80 Å². The van der Waals surface area contributed by atoms with Crippen LogP contribution in [0.3, 0.4) is 0 Å². The molecule has 2 aromatic heterocycles. The van der Waals surface area contributed by atoms with Crippen molar-refractivity contribution in [2.45, 2.75) is 0 Å². The Morgan fingerprint density at radius 3 is 1.35 bits per heavy atom. The number of anilines is 6. The molecule has 0 fully saturated rings. The highest BCUT2D eigenvalue weighted by Crippen LogP contribution is 2.50. The van der Waals surface area contributed by atoms with Crippen molar-refractivity contribution in [1.82, 2.24) is 0 Å². The molecule has 0 aliphatic carbocycles. The van der Waals surface area contributed by atoms with Gasteiger partial charge in [-0.3, -0.25) is 0 Å². The number of fused-ring (bicyclic) bond motifs is 7. The van der Waals surface area contributed by atoms with E-state index in [1.807, 2.05) is 22.7 Å². The first-order valence-corrected chi connectivity index (χ1v) is 24.7. The van der Waals surface area contributed by atoms with E-state index in [0.717, 1.165) is 45.3 Å². The van der Waals surface area contributed by atoms with Crippen molar-refractivity contribution in [2.24, 2.45) is 0 Å². The topological polar surface area (TPSA) is 6.48 Å². The number of hydrogen-bond acceptors (Lipinski definition) is 4. The van der Waals surface area contributed by atoms with Crippen molar-refractivity contribution in [3.8, 4) is 33.4 Å². The van der Waals surface area contributed by atoms with Crippen LogP contribution in [0.1, 0.15) is 0 Å². The second-order valence-corrected chi connectivity index (χ2v) is 19.4. The summed E-state index contributed by atoms with van der Waals surface area (Å²) < 4.78 is 5.11. The maximum Gasteiger partial charge on any atom is 0.0541 e. The standard InChI is InChI=1S/C64H42N2S2/c1-3-16-43(17-4-1)45-30-33-48(34-31-45)65(49-35-38-57-55-37-32-47(44-18-5-2-6-19-44)40-62(55)68-64(57)41-49)59-26-12-9-23-52(59)53-24-10-13-27-60(53)66(58-28-15-21-46-20-7-8-22-51(46)58)50-36-39-56-54-25-11-14-29-61(54)67-63(56)42-50/h1-42H. The molecule has 0 atom stereocenters. The molecule has 0 spiro atoms. The molecule has 0 radical (unpaired) electrons. The lowest BCUT2D eigenvalue weighted by Gasteiger charge is -2.31. The maximum atomic E-state index is 2.48. The highest BCUT2D eigenvalue weighted by atomic mass is 32.1. The Kier molecular flexibility index (Phi) is 9.93. The van der Waals surface area contributed by atoms with Gasteiger partial charge in [0.05, 0.1) is 17.1 Å². The van der Waals surface area contributed by atoms with Crippen molar-refractivity contribution in [3.63, 3.8) is 0 Å². The third-order valence-electron chi connectivity index (χ3n) is 13.3. The van der Waals surface area contributed by atoms with E-state index in [-0.39, 0.29) is 0 Å². The molecule has 0 saturated heterocycles. The molecule has 0 bridgehead atoms. The summed E-state index contributed by atoms with van der Waals surface area (Å²) in [6, 6.07) is 93.3. The summed E-state index contributed by atoms with van der Waals surface area (Å²) in [4.78, 5) is 4.93. The summed E-state index contributed by atoms with van der Waals surface area (Å²) in [5.74, 6) is 0. The number of para-hydroxylation sites is 2. The molecule has 320 valence electrons. The van der Waals surface area contributed by atoms with Gasteiger partial charge in [0.15, 0.2) is 0 Å². The van der Waals surface area contributed by atoms with Crippen molar-refractivity contribution in [3.05, 3.63) is 255 Å². The van der Waals surface area contributed by atoms with E-state index in [0.29, 0.717) is 0 Å². The van der Waals surface area contributed by atoms with Gasteiger partial charge in [-0.1, -0.05) is 188 Å². The van der Waals surface area contributed by atoms with Crippen LogP contribution in [0, 0.1) is 0 Å². The lowest BCUT2D eigenvalue weighted by atomic mass is 9.97. The number of nitrogens with zero attached hydrogens (tertiary/aromatic N) is 2. The zero-order chi connectivity index (χ0) is 45.0. The number of benzene rings is 11. The molecule has 68 heavy (non-hydrogen) atoms. The Morgan fingerprint density at radius 2 is 0.662 bits per heavy atom. The molecule has 0 amide bonds. The van der Waals surface area contributed by atoms with Gasteiger partial charge in [-0.2, -0.15) is 0 Å². The largest absolute Gasteiger partial charge is 0.310 e. The van der Waals surface area contributed by atoms with Crippen LogP contribution in [0.2, 0.25) is 0 Å². The summed E-state index contributed by atoms with van der Waals surface area (Å²) in [7, 11) is 0. The van der Waals surface area contributed by atoms with Crippen molar-refractivity contribution in [1.29, 1.82) is 0 Å². The average molecular weight is 903 g/mol. The van der Waals surface area contributed by atoms with E-state index in [4.69, 9.17) is 0 Å². The highest BCUT2D eigenvalue weighted by molar-refractivity contribution is 7.26. The molecule has 11 aromatic carbocycles. The maximum absolute atomic E-state index is 2.48. The average Bonchev–Trinajstić information content (AvgIpc) is 3.97. The number of rotatable bonds is 9. The fraction of sp³-hybridized carbons (Fsp3) is 0. The van der Waals surface area contributed by atoms with Crippen LogP contribution in [-0.2, 0) is 0 Å². The highest BCUT2D eigenvalue weighted by Gasteiger charge is 2.24. The second-order valence-electron chi connectivity index (χ2n) is 17.3. The Morgan fingerprint density at radius 1 is 0.235 bits per heavy atom. The first-order valence-electron chi connectivity index (χ1n) is 23.1. The Hall–Kier alpha value is -8.28. The van der Waals surface area contributed by atoms with Crippen LogP contribution < -0.4 is 9.80 Å². The Labute approximate surface area is 403 Å². The quantitative estimate of drug-likeness (QED) is 0.142. The van der Waals surface area contributed by atoms with Gasteiger partial charge in [-0.05, 0) is 94.4 Å². The van der Waals surface area contributed by atoms with Crippen LogP contribution in [0.25, 0.3) is 84.5 Å². The fourth-order valence-corrected chi connectivity index (χ4v) is 12.4. The van der Waals surface area contributed by atoms with E-state index < -0.39 is 0 Å². The van der Waals surface area contributed by atoms with E-state index in [9.17, 15) is 0 Å². The molecule has 2 nitrogen and oxygen atoms in total. The normalized spacial score (nSPS) is 11.5. The van der Waals surface area contributed by atoms with E-state index >= 15 is 0 Å². The van der Waals surface area contributed by atoms with E-state index in [1.54, 1.807) is 0 Å². The van der Waals surface area contributed by atoms with Crippen molar-refractivity contribution >= 4 is 108 Å². The summed E-state index contributed by atoms with van der Waals surface area (Å²) >= 11 is 3.72. The second kappa shape index (κ2) is 16.9. The number of hydrogen-bond donors (Lipinski definition) is 0. The van der Waals surface area contributed by atoms with Crippen LogP contribution in [-0.4, -0.2) is 0 Å². The lowest BCUT2D eigenvalue weighted by molar-refractivity contribution is 1.28. The van der Waals surface area contributed by atoms with Crippen LogP contribution in [0.5, 0.6) is 0 Å². The third kappa shape index (κ3) is 7.01. The molecule has 13 aromatic rings. The summed E-state index contributed by atoms with van der Waals surface area (Å²) in [6.07, 6.45) is 0. The molecule has 0 saturated carbocycles. The van der Waals surface area contributed by atoms with E-state index in [1.165, 1.54) is 73.4 Å². The fourth-order valence-electron chi connectivity index (χ4n) is 10.0. The van der Waals surface area contributed by atoms with Gasteiger partial charge in [0.2, 0.25) is 0 Å². The SMILES string of the molecule is c1ccc(-c2ccc(N(c3ccc4c(c3)sc3cc(-c5ccccc5)ccc34)c3ccccc3-c3ccccc3N(c3ccc4c(c3)sc3ccccc34)c3cccc4ccccc34)cc2)cc1. The van der Waals surface area contributed by atoms with Gasteiger partial charge in [-0.15, -0.1) is 22.7 Å².